The summed E-state index contributed by atoms with van der Waals surface area (Å²) in [6, 6.07) is 10.3. The molecule has 3 rings (SSSR count). The van der Waals surface area contributed by atoms with Crippen LogP contribution in [-0.4, -0.2) is 30.9 Å². The lowest BCUT2D eigenvalue weighted by atomic mass is 9.98. The first-order valence-corrected chi connectivity index (χ1v) is 8.70. The largest absolute Gasteiger partial charge is 0.493 e. The Hall–Kier alpha value is -2.24. The summed E-state index contributed by atoms with van der Waals surface area (Å²) in [5.41, 5.74) is 1.33. The van der Waals surface area contributed by atoms with Crippen molar-refractivity contribution in [3.63, 3.8) is 0 Å². The SMILES string of the molecule is COc1cccc(CN2C(=O)CC(c3cc(Cl)cc(Cl)c3)C2=O)c1OC. The average Bonchev–Trinajstić information content (AvgIpc) is 2.88. The number of hydrogen-bond donors (Lipinski definition) is 0. The van der Waals surface area contributed by atoms with Crippen molar-refractivity contribution < 1.29 is 19.1 Å². The quantitative estimate of drug-likeness (QED) is 0.718. The van der Waals surface area contributed by atoms with Gasteiger partial charge < -0.3 is 9.47 Å². The molecule has 26 heavy (non-hydrogen) atoms. The normalized spacial score (nSPS) is 16.9. The van der Waals surface area contributed by atoms with Gasteiger partial charge in [-0.1, -0.05) is 35.3 Å². The van der Waals surface area contributed by atoms with Gasteiger partial charge in [-0.25, -0.2) is 0 Å². The fourth-order valence-corrected chi connectivity index (χ4v) is 3.68. The number of methoxy groups -OCH3 is 2. The molecule has 0 aromatic heterocycles. The van der Waals surface area contributed by atoms with Crippen LogP contribution in [0.4, 0.5) is 0 Å². The first kappa shape index (κ1) is 18.5. The molecule has 1 aliphatic rings. The molecule has 2 aromatic carbocycles. The van der Waals surface area contributed by atoms with Gasteiger partial charge in [-0.15, -0.1) is 0 Å². The van der Waals surface area contributed by atoms with Crippen molar-refractivity contribution in [3.8, 4) is 11.5 Å². The van der Waals surface area contributed by atoms with Gasteiger partial charge >= 0.3 is 0 Å². The Morgan fingerprint density at radius 2 is 1.77 bits per heavy atom. The minimum absolute atomic E-state index is 0.0851. The van der Waals surface area contributed by atoms with Gasteiger partial charge in [-0.2, -0.15) is 0 Å². The lowest BCUT2D eigenvalue weighted by molar-refractivity contribution is -0.139. The maximum Gasteiger partial charge on any atom is 0.237 e. The Balaban J connectivity index is 1.89. The van der Waals surface area contributed by atoms with Crippen LogP contribution in [0.2, 0.25) is 10.0 Å². The molecule has 1 atom stereocenters. The number of amides is 2. The van der Waals surface area contributed by atoms with Crippen molar-refractivity contribution in [1.29, 1.82) is 0 Å². The summed E-state index contributed by atoms with van der Waals surface area (Å²) in [6.07, 6.45) is 0.0851. The van der Waals surface area contributed by atoms with Crippen molar-refractivity contribution in [2.75, 3.05) is 14.2 Å². The number of carbonyl (C=O) groups excluding carboxylic acids is 2. The first-order valence-electron chi connectivity index (χ1n) is 7.94. The molecule has 2 aromatic rings. The Bertz CT molecular complexity index is 848. The van der Waals surface area contributed by atoms with Gasteiger partial charge in [0.1, 0.15) is 0 Å². The minimum Gasteiger partial charge on any atom is -0.493 e. The van der Waals surface area contributed by atoms with Gasteiger partial charge in [0.2, 0.25) is 11.8 Å². The smallest absolute Gasteiger partial charge is 0.237 e. The van der Waals surface area contributed by atoms with E-state index in [2.05, 4.69) is 0 Å². The monoisotopic (exact) mass is 393 g/mol. The van der Waals surface area contributed by atoms with Crippen LogP contribution >= 0.6 is 23.2 Å². The summed E-state index contributed by atoms with van der Waals surface area (Å²) >= 11 is 12.1. The zero-order valence-electron chi connectivity index (χ0n) is 14.3. The average molecular weight is 394 g/mol. The Morgan fingerprint density at radius 1 is 1.08 bits per heavy atom. The van der Waals surface area contributed by atoms with Gasteiger partial charge in [-0.05, 0) is 29.8 Å². The minimum atomic E-state index is -0.588. The van der Waals surface area contributed by atoms with Gasteiger partial charge in [-0.3, -0.25) is 14.5 Å². The molecule has 0 spiro atoms. The fraction of sp³-hybridized carbons (Fsp3) is 0.263. The molecular weight excluding hydrogens is 377 g/mol. The number of para-hydroxylation sites is 1. The van der Waals surface area contributed by atoms with Crippen molar-refractivity contribution in [2.24, 2.45) is 0 Å². The van der Waals surface area contributed by atoms with Crippen molar-refractivity contribution in [2.45, 2.75) is 18.9 Å². The summed E-state index contributed by atoms with van der Waals surface area (Å²) in [6.45, 7) is 0.114. The number of rotatable bonds is 5. The number of halogens is 2. The Labute approximate surface area is 161 Å². The van der Waals surface area contributed by atoms with Crippen LogP contribution in [0.25, 0.3) is 0 Å². The van der Waals surface area contributed by atoms with Gasteiger partial charge in [0.25, 0.3) is 0 Å². The highest BCUT2D eigenvalue weighted by Gasteiger charge is 2.40. The van der Waals surface area contributed by atoms with E-state index in [0.29, 0.717) is 32.7 Å². The molecule has 2 amide bonds. The second-order valence-electron chi connectivity index (χ2n) is 5.93. The van der Waals surface area contributed by atoms with Crippen LogP contribution < -0.4 is 9.47 Å². The van der Waals surface area contributed by atoms with E-state index in [1.807, 2.05) is 0 Å². The molecule has 1 fully saturated rings. The van der Waals surface area contributed by atoms with Crippen LogP contribution in [0.15, 0.2) is 36.4 Å². The van der Waals surface area contributed by atoms with E-state index >= 15 is 0 Å². The second-order valence-corrected chi connectivity index (χ2v) is 6.80. The molecule has 0 radical (unpaired) electrons. The summed E-state index contributed by atoms with van der Waals surface area (Å²) in [7, 11) is 3.05. The number of hydrogen-bond acceptors (Lipinski definition) is 4. The lowest BCUT2D eigenvalue weighted by Gasteiger charge is -2.18. The molecular formula is C19H17Cl2NO4. The number of benzene rings is 2. The molecule has 0 bridgehead atoms. The van der Waals surface area contributed by atoms with Crippen LogP contribution in [-0.2, 0) is 16.1 Å². The Morgan fingerprint density at radius 3 is 2.38 bits per heavy atom. The van der Waals surface area contributed by atoms with Crippen LogP contribution in [0, 0.1) is 0 Å². The molecule has 0 aliphatic carbocycles. The molecule has 1 saturated heterocycles. The molecule has 7 heteroatoms. The maximum atomic E-state index is 12.8. The summed E-state index contributed by atoms with van der Waals surface area (Å²) < 4.78 is 10.7. The fourth-order valence-electron chi connectivity index (χ4n) is 3.13. The molecule has 1 aliphatic heterocycles. The van der Waals surface area contributed by atoms with E-state index in [1.165, 1.54) is 19.1 Å². The maximum absolute atomic E-state index is 12.8. The molecule has 0 saturated carbocycles. The third-order valence-corrected chi connectivity index (χ3v) is 4.78. The second kappa shape index (κ2) is 7.56. The van der Waals surface area contributed by atoms with Gasteiger partial charge in [0, 0.05) is 22.0 Å². The Kier molecular flexibility index (Phi) is 5.39. The van der Waals surface area contributed by atoms with E-state index in [-0.39, 0.29) is 24.8 Å². The number of carbonyl (C=O) groups is 2. The number of imide groups is 1. The zero-order valence-corrected chi connectivity index (χ0v) is 15.8. The van der Waals surface area contributed by atoms with Gasteiger partial charge in [0.15, 0.2) is 11.5 Å². The highest BCUT2D eigenvalue weighted by atomic mass is 35.5. The van der Waals surface area contributed by atoms with E-state index in [4.69, 9.17) is 32.7 Å². The standard InChI is InChI=1S/C19H17Cl2NO4/c1-25-16-5-3-4-11(18(16)26-2)10-22-17(23)9-15(19(22)24)12-6-13(20)8-14(21)7-12/h3-8,15H,9-10H2,1-2H3. The first-order chi connectivity index (χ1) is 12.4. The highest BCUT2D eigenvalue weighted by molar-refractivity contribution is 6.34. The van der Waals surface area contributed by atoms with Crippen molar-refractivity contribution in [3.05, 3.63) is 57.6 Å². The third kappa shape index (κ3) is 3.50. The number of ether oxygens (including phenoxy) is 2. The topological polar surface area (TPSA) is 55.8 Å². The predicted octanol–water partition coefficient (Wildman–Crippen LogP) is 4.05. The van der Waals surface area contributed by atoms with E-state index in [1.54, 1.807) is 36.4 Å². The van der Waals surface area contributed by atoms with Crippen molar-refractivity contribution >= 4 is 35.0 Å². The molecule has 5 nitrogen and oxygen atoms in total. The summed E-state index contributed by atoms with van der Waals surface area (Å²) in [4.78, 5) is 26.5. The predicted molar refractivity (Wildman–Crippen MR) is 98.9 cm³/mol. The zero-order chi connectivity index (χ0) is 18.8. The molecule has 136 valence electrons. The van der Waals surface area contributed by atoms with E-state index in [9.17, 15) is 9.59 Å². The van der Waals surface area contributed by atoms with E-state index < -0.39 is 5.92 Å². The summed E-state index contributed by atoms with van der Waals surface area (Å²) in [5.74, 6) is -0.0680. The lowest BCUT2D eigenvalue weighted by Crippen LogP contribution is -2.30. The molecule has 1 unspecified atom stereocenters. The van der Waals surface area contributed by atoms with Crippen molar-refractivity contribution in [1.82, 2.24) is 4.90 Å². The third-order valence-electron chi connectivity index (χ3n) is 4.34. The van der Waals surface area contributed by atoms with E-state index in [0.717, 1.165) is 0 Å². The van der Waals surface area contributed by atoms with Crippen LogP contribution in [0.1, 0.15) is 23.5 Å². The molecule has 1 heterocycles. The molecule has 0 N–H and O–H groups in total. The number of likely N-dealkylation sites (tertiary alicyclic amines) is 1. The van der Waals surface area contributed by atoms with Crippen LogP contribution in [0.5, 0.6) is 11.5 Å². The summed E-state index contributed by atoms with van der Waals surface area (Å²) in [5, 5.41) is 0.862. The van der Waals surface area contributed by atoms with Crippen LogP contribution in [0.3, 0.4) is 0 Å². The van der Waals surface area contributed by atoms with Gasteiger partial charge in [0.05, 0.1) is 26.7 Å². The number of nitrogens with zero attached hydrogens (tertiary/aromatic N) is 1. The highest BCUT2D eigenvalue weighted by Crippen LogP contribution is 2.36.